The van der Waals surface area contributed by atoms with Crippen LogP contribution in [0.4, 0.5) is 0 Å². The Bertz CT molecular complexity index is 1420. The molecule has 5 aromatic rings. The van der Waals surface area contributed by atoms with E-state index in [1.807, 2.05) is 30.3 Å². The molecule has 0 radical (unpaired) electrons. The van der Waals surface area contributed by atoms with E-state index in [0.29, 0.717) is 5.39 Å². The van der Waals surface area contributed by atoms with Crippen molar-refractivity contribution < 1.29 is 4.74 Å². The van der Waals surface area contributed by atoms with Gasteiger partial charge in [-0.1, -0.05) is 19.1 Å². The molecule has 0 unspecified atom stereocenters. The van der Waals surface area contributed by atoms with Gasteiger partial charge in [0.1, 0.15) is 5.75 Å². The van der Waals surface area contributed by atoms with Crippen molar-refractivity contribution >= 4 is 16.6 Å². The van der Waals surface area contributed by atoms with Crippen LogP contribution in [0.2, 0.25) is 0 Å². The summed E-state index contributed by atoms with van der Waals surface area (Å²) in [7, 11) is 1.65. The third-order valence-electron chi connectivity index (χ3n) is 5.24. The van der Waals surface area contributed by atoms with E-state index in [1.54, 1.807) is 53.1 Å². The van der Waals surface area contributed by atoms with E-state index in [2.05, 4.69) is 16.9 Å². The topological polar surface area (TPSA) is 74.3 Å². The van der Waals surface area contributed by atoms with Crippen molar-refractivity contribution in [1.29, 1.82) is 0 Å². The molecule has 4 aromatic heterocycles. The summed E-state index contributed by atoms with van der Waals surface area (Å²) in [6, 6.07) is 13.3. The Balaban J connectivity index is 1.76. The van der Waals surface area contributed by atoms with Crippen LogP contribution < -0.4 is 10.3 Å². The minimum Gasteiger partial charge on any atom is -0.497 e. The van der Waals surface area contributed by atoms with Crippen molar-refractivity contribution in [2.75, 3.05) is 7.11 Å². The molecule has 7 nitrogen and oxygen atoms in total. The van der Waals surface area contributed by atoms with E-state index in [-0.39, 0.29) is 5.56 Å². The molecule has 0 aliphatic heterocycles. The van der Waals surface area contributed by atoms with Crippen LogP contribution in [0.5, 0.6) is 5.75 Å². The minimum atomic E-state index is -0.146. The van der Waals surface area contributed by atoms with E-state index in [1.165, 1.54) is 0 Å². The largest absolute Gasteiger partial charge is 0.497 e. The van der Waals surface area contributed by atoms with Crippen molar-refractivity contribution in [1.82, 2.24) is 24.1 Å². The lowest BCUT2D eigenvalue weighted by molar-refractivity contribution is 0.415. The summed E-state index contributed by atoms with van der Waals surface area (Å²) < 4.78 is 8.63. The number of fused-ring (bicyclic) bond motifs is 3. The van der Waals surface area contributed by atoms with Gasteiger partial charge in [0, 0.05) is 30.4 Å². The molecular weight excluding hydrogens is 378 g/mol. The summed E-state index contributed by atoms with van der Waals surface area (Å²) in [6.45, 7) is 2.06. The molecule has 0 N–H and O–H groups in total. The van der Waals surface area contributed by atoms with Gasteiger partial charge in [-0.25, -0.2) is 9.50 Å². The number of hydrogen-bond donors (Lipinski definition) is 0. The van der Waals surface area contributed by atoms with Gasteiger partial charge in [0.2, 0.25) is 0 Å². The van der Waals surface area contributed by atoms with E-state index in [9.17, 15) is 4.79 Å². The van der Waals surface area contributed by atoms with Crippen LogP contribution in [-0.4, -0.2) is 31.3 Å². The first-order chi connectivity index (χ1) is 14.7. The number of pyridine rings is 2. The quantitative estimate of drug-likeness (QED) is 0.463. The molecule has 7 heteroatoms. The highest BCUT2D eigenvalue weighted by Crippen LogP contribution is 2.30. The fourth-order valence-electron chi connectivity index (χ4n) is 3.72. The van der Waals surface area contributed by atoms with Gasteiger partial charge in [-0.05, 0) is 42.3 Å². The predicted molar refractivity (Wildman–Crippen MR) is 115 cm³/mol. The number of ether oxygens (including phenoxy) is 1. The molecule has 148 valence electrons. The van der Waals surface area contributed by atoms with E-state index < -0.39 is 0 Å². The molecule has 1 aromatic carbocycles. The summed E-state index contributed by atoms with van der Waals surface area (Å²) >= 11 is 0. The van der Waals surface area contributed by atoms with Gasteiger partial charge in [0.05, 0.1) is 29.4 Å². The fraction of sp³-hybridized carbons (Fsp3) is 0.130. The van der Waals surface area contributed by atoms with Crippen molar-refractivity contribution in [2.45, 2.75) is 13.3 Å². The van der Waals surface area contributed by atoms with Gasteiger partial charge < -0.3 is 4.74 Å². The number of rotatable bonds is 4. The third kappa shape index (κ3) is 2.75. The Morgan fingerprint density at radius 3 is 2.50 bits per heavy atom. The lowest BCUT2D eigenvalue weighted by Crippen LogP contribution is -2.18. The van der Waals surface area contributed by atoms with Crippen molar-refractivity contribution in [2.24, 2.45) is 0 Å². The highest BCUT2D eigenvalue weighted by atomic mass is 16.5. The molecule has 0 bridgehead atoms. The third-order valence-corrected chi connectivity index (χ3v) is 5.24. The average Bonchev–Trinajstić information content (AvgIpc) is 3.19. The van der Waals surface area contributed by atoms with E-state index in [4.69, 9.17) is 9.84 Å². The van der Waals surface area contributed by atoms with Gasteiger partial charge >= 0.3 is 0 Å². The summed E-state index contributed by atoms with van der Waals surface area (Å²) in [6.07, 6.45) is 7.48. The summed E-state index contributed by atoms with van der Waals surface area (Å²) in [5, 5.41) is 5.29. The average molecular weight is 397 g/mol. The first-order valence-corrected chi connectivity index (χ1v) is 9.68. The van der Waals surface area contributed by atoms with Crippen LogP contribution >= 0.6 is 0 Å². The van der Waals surface area contributed by atoms with E-state index >= 15 is 0 Å². The molecule has 4 heterocycles. The molecule has 0 fully saturated rings. The van der Waals surface area contributed by atoms with Crippen molar-refractivity contribution in [3.05, 3.63) is 83.3 Å². The van der Waals surface area contributed by atoms with Crippen LogP contribution in [-0.2, 0) is 6.42 Å². The maximum Gasteiger partial charge on any atom is 0.266 e. The molecule has 0 amide bonds. The second kappa shape index (κ2) is 7.11. The Morgan fingerprint density at radius 2 is 1.80 bits per heavy atom. The summed E-state index contributed by atoms with van der Waals surface area (Å²) in [4.78, 5) is 21.8. The molecule has 0 saturated carbocycles. The molecule has 0 saturated heterocycles. The zero-order chi connectivity index (χ0) is 20.7. The molecular formula is C23H19N5O2. The highest BCUT2D eigenvalue weighted by molar-refractivity contribution is 5.86. The van der Waals surface area contributed by atoms with Crippen molar-refractivity contribution in [3.63, 3.8) is 0 Å². The second-order valence-corrected chi connectivity index (χ2v) is 6.89. The van der Waals surface area contributed by atoms with Crippen LogP contribution in [0.15, 0.2) is 72.0 Å². The van der Waals surface area contributed by atoms with Crippen LogP contribution in [0.1, 0.15) is 12.6 Å². The first-order valence-electron chi connectivity index (χ1n) is 9.68. The predicted octanol–water partition coefficient (Wildman–Crippen LogP) is 3.67. The zero-order valence-corrected chi connectivity index (χ0v) is 16.6. The number of aryl methyl sites for hydroxylation is 1. The first kappa shape index (κ1) is 18.1. The normalized spacial score (nSPS) is 11.3. The Kier molecular flexibility index (Phi) is 4.28. The number of hydrogen-bond acceptors (Lipinski definition) is 5. The Morgan fingerprint density at radius 1 is 1.03 bits per heavy atom. The fourth-order valence-corrected chi connectivity index (χ4v) is 3.72. The maximum atomic E-state index is 13.1. The van der Waals surface area contributed by atoms with E-state index in [0.717, 1.165) is 45.8 Å². The minimum absolute atomic E-state index is 0.146. The number of aromatic nitrogens is 5. The second-order valence-electron chi connectivity index (χ2n) is 6.89. The molecule has 5 rings (SSSR count). The van der Waals surface area contributed by atoms with Gasteiger partial charge in [-0.15, -0.1) is 0 Å². The lowest BCUT2D eigenvalue weighted by atomic mass is 10.0. The molecule has 30 heavy (non-hydrogen) atoms. The van der Waals surface area contributed by atoms with Gasteiger partial charge in [0.25, 0.3) is 5.56 Å². The number of nitrogens with zero attached hydrogens (tertiary/aromatic N) is 5. The number of benzene rings is 1. The summed E-state index contributed by atoms with van der Waals surface area (Å²) in [5.41, 5.74) is 4.98. The SMILES string of the molecule is CCc1nn2c(ncc3c(=O)n(-c4ccncc4)ccc32)c1-c1ccc(OC)cc1. The molecule has 0 atom stereocenters. The van der Waals surface area contributed by atoms with Crippen LogP contribution in [0.25, 0.3) is 33.4 Å². The Labute approximate surface area is 172 Å². The van der Waals surface area contributed by atoms with Crippen LogP contribution in [0.3, 0.4) is 0 Å². The zero-order valence-electron chi connectivity index (χ0n) is 16.6. The molecule has 0 aliphatic carbocycles. The van der Waals surface area contributed by atoms with Crippen LogP contribution in [0, 0.1) is 0 Å². The Hall–Kier alpha value is -4.00. The van der Waals surface area contributed by atoms with Gasteiger partial charge in [-0.3, -0.25) is 14.3 Å². The van der Waals surface area contributed by atoms with Crippen molar-refractivity contribution in [3.8, 4) is 22.6 Å². The number of methoxy groups -OCH3 is 1. The smallest absolute Gasteiger partial charge is 0.266 e. The van der Waals surface area contributed by atoms with Gasteiger partial charge in [-0.2, -0.15) is 5.10 Å². The lowest BCUT2D eigenvalue weighted by Gasteiger charge is -2.08. The van der Waals surface area contributed by atoms with Gasteiger partial charge in [0.15, 0.2) is 5.65 Å². The summed E-state index contributed by atoms with van der Waals surface area (Å²) in [5.74, 6) is 0.795. The molecule has 0 spiro atoms. The maximum absolute atomic E-state index is 13.1. The standard InChI is InChI=1S/C23H19N5O2/c1-3-19-21(15-4-6-17(30-2)7-5-15)22-25-14-18-20(28(22)26-19)10-13-27(23(18)29)16-8-11-24-12-9-16/h4-14H,3H2,1-2H3. The molecule has 0 aliphatic rings. The monoisotopic (exact) mass is 397 g/mol. The highest BCUT2D eigenvalue weighted by Gasteiger charge is 2.18.